The van der Waals surface area contributed by atoms with Gasteiger partial charge in [0.05, 0.1) is 5.69 Å². The minimum absolute atomic E-state index is 0.00572. The predicted molar refractivity (Wildman–Crippen MR) is 168 cm³/mol. The number of carboxylic acids is 2. The van der Waals surface area contributed by atoms with E-state index in [0.29, 0.717) is 12.2 Å². The summed E-state index contributed by atoms with van der Waals surface area (Å²) in [7, 11) is 0. The number of carbonyl (C=O) groups is 6. The Balaban J connectivity index is 1.83. The molecule has 0 bridgehead atoms. The van der Waals surface area contributed by atoms with Crippen molar-refractivity contribution in [1.82, 2.24) is 26.3 Å². The van der Waals surface area contributed by atoms with E-state index in [4.69, 9.17) is 5.11 Å². The van der Waals surface area contributed by atoms with Gasteiger partial charge in [-0.25, -0.2) is 4.79 Å². The molecular formula is C28H37AsN6O9S. The van der Waals surface area contributed by atoms with Crippen LogP contribution in [0, 0.1) is 0 Å². The number of thioether (sulfide) groups is 1. The number of rotatable bonds is 20. The molecule has 3 unspecified atom stereocenters. The number of aliphatic carboxylic acids is 2. The first-order chi connectivity index (χ1) is 21.4. The van der Waals surface area contributed by atoms with Crippen molar-refractivity contribution in [3.05, 3.63) is 54.4 Å². The van der Waals surface area contributed by atoms with Crippen LogP contribution in [0.3, 0.4) is 0 Å². The number of amides is 4. The topological polar surface area (TPSA) is 236 Å². The van der Waals surface area contributed by atoms with Crippen LogP contribution in [0.25, 0.3) is 0 Å². The average molecular weight is 709 g/mol. The molecule has 0 spiro atoms. The number of pyridine rings is 1. The molecule has 17 heteroatoms. The monoisotopic (exact) mass is 708 g/mol. The number of anilines is 1. The minimum atomic E-state index is -2.03. The summed E-state index contributed by atoms with van der Waals surface area (Å²) in [6, 6.07) is 9.63. The van der Waals surface area contributed by atoms with Gasteiger partial charge >= 0.3 is 144 Å². The molecule has 3 atom stereocenters. The van der Waals surface area contributed by atoms with E-state index in [1.165, 1.54) is 0 Å². The second-order valence-electron chi connectivity index (χ2n) is 9.61. The van der Waals surface area contributed by atoms with Gasteiger partial charge in [-0.3, -0.25) is 19.4 Å². The first-order valence-corrected chi connectivity index (χ1v) is 18.6. The summed E-state index contributed by atoms with van der Waals surface area (Å²) in [5.41, 5.74) is 3.06. The van der Waals surface area contributed by atoms with E-state index in [1.54, 1.807) is 42.2 Å². The van der Waals surface area contributed by atoms with Crippen molar-refractivity contribution < 1.29 is 43.1 Å². The molecule has 1 aromatic heterocycles. The first kappa shape index (κ1) is 37.2. The summed E-state index contributed by atoms with van der Waals surface area (Å²) in [5.74, 6) is -5.21. The van der Waals surface area contributed by atoms with Crippen molar-refractivity contribution >= 4 is 72.4 Å². The Bertz CT molecular complexity index is 1300. The molecule has 15 nitrogen and oxygen atoms in total. The van der Waals surface area contributed by atoms with E-state index in [2.05, 4.69) is 31.6 Å². The van der Waals surface area contributed by atoms with Crippen LogP contribution in [0.15, 0.2) is 48.7 Å². The van der Waals surface area contributed by atoms with Gasteiger partial charge in [0.25, 0.3) is 0 Å². The maximum absolute atomic E-state index is 12.6. The van der Waals surface area contributed by atoms with Gasteiger partial charge in [0.2, 0.25) is 5.91 Å². The number of nitrogens with one attached hydrogen (secondary N) is 5. The maximum atomic E-state index is 12.6. The number of hydrogen-bond acceptors (Lipinski definition) is 10. The average Bonchev–Trinajstić information content (AvgIpc) is 3.00. The fraction of sp³-hybridized carbons (Fsp3) is 0.393. The molecule has 0 aliphatic heterocycles. The Morgan fingerprint density at radius 3 is 2.22 bits per heavy atom. The van der Waals surface area contributed by atoms with Crippen LogP contribution in [0.5, 0.6) is 0 Å². The van der Waals surface area contributed by atoms with Crippen molar-refractivity contribution in [2.24, 2.45) is 0 Å². The van der Waals surface area contributed by atoms with Crippen LogP contribution in [-0.4, -0.2) is 107 Å². The molecule has 0 aliphatic rings. The third kappa shape index (κ3) is 15.5. The van der Waals surface area contributed by atoms with Gasteiger partial charge in [0.1, 0.15) is 12.6 Å². The third-order valence-electron chi connectivity index (χ3n) is 5.96. The number of hydrogen-bond donors (Lipinski definition) is 8. The molecule has 2 rings (SSSR count). The fourth-order valence-electron chi connectivity index (χ4n) is 3.68. The summed E-state index contributed by atoms with van der Waals surface area (Å²) in [4.78, 5) is 76.6. The molecule has 0 radical (unpaired) electrons. The predicted octanol–water partition coefficient (Wildman–Crippen LogP) is -1.21. The fourth-order valence-corrected chi connectivity index (χ4v) is 5.75. The van der Waals surface area contributed by atoms with Crippen molar-refractivity contribution in [3.8, 4) is 0 Å². The Morgan fingerprint density at radius 2 is 1.60 bits per heavy atom. The molecule has 1 heterocycles. The molecular weight excluding hydrogens is 671 g/mol. The second kappa shape index (κ2) is 20.1. The van der Waals surface area contributed by atoms with Gasteiger partial charge in [-0.1, -0.05) is 6.07 Å². The first-order valence-electron chi connectivity index (χ1n) is 13.8. The summed E-state index contributed by atoms with van der Waals surface area (Å²) in [6.45, 7) is 0.0150. The van der Waals surface area contributed by atoms with Gasteiger partial charge in [0, 0.05) is 32.1 Å². The van der Waals surface area contributed by atoms with Crippen LogP contribution in [-0.2, 0) is 35.3 Å². The van der Waals surface area contributed by atoms with E-state index in [-0.39, 0.29) is 43.2 Å². The van der Waals surface area contributed by atoms with Gasteiger partial charge in [-0.15, -0.1) is 0 Å². The van der Waals surface area contributed by atoms with Gasteiger partial charge < -0.3 is 20.8 Å². The Kier molecular flexibility index (Phi) is 16.6. The van der Waals surface area contributed by atoms with E-state index >= 15 is 0 Å². The van der Waals surface area contributed by atoms with Gasteiger partial charge in [-0.05, 0) is 18.6 Å². The molecule has 1 aromatic carbocycles. The third-order valence-corrected chi connectivity index (χ3v) is 9.19. The standard InChI is InChI=1S/C28H37AsN6O9S/c1-29(44)18-5-7-19(8-6-18)33-25(38)17-45-16-22(27(41)32-15-26(39)40)35-23(36)10-9-21(28(42)43)34-24(37)11-13-30-14-20-4-2-3-12-31-20/h2-8,12,21-22,30,44H,9-11,13-17H2,1H3,(H,32,41)(H,33,38)(H,34,37)(H,35,36)(H,39,40)(H,42,43). The molecule has 45 heavy (non-hydrogen) atoms. The van der Waals surface area contributed by atoms with Crippen molar-refractivity contribution in [2.45, 2.75) is 43.6 Å². The molecule has 8 N–H and O–H groups in total. The normalized spacial score (nSPS) is 12.7. The zero-order valence-corrected chi connectivity index (χ0v) is 27.2. The quantitative estimate of drug-likeness (QED) is 0.0598. The van der Waals surface area contributed by atoms with Crippen molar-refractivity contribution in [1.29, 1.82) is 0 Å². The molecule has 0 saturated carbocycles. The van der Waals surface area contributed by atoms with Crippen molar-refractivity contribution in [3.63, 3.8) is 0 Å². The Hall–Kier alpha value is -3.98. The Morgan fingerprint density at radius 1 is 0.911 bits per heavy atom. The molecule has 0 saturated heterocycles. The second-order valence-corrected chi connectivity index (χ2v) is 13.9. The van der Waals surface area contributed by atoms with Crippen LogP contribution >= 0.6 is 11.8 Å². The summed E-state index contributed by atoms with van der Waals surface area (Å²) in [6.07, 6.45) is 1.02. The molecule has 244 valence electrons. The van der Waals surface area contributed by atoms with Crippen LogP contribution in [0.1, 0.15) is 25.0 Å². The van der Waals surface area contributed by atoms with Gasteiger partial charge in [0.15, 0.2) is 0 Å². The number of nitrogens with zero attached hydrogens (tertiary/aromatic N) is 1. The SMILES string of the molecule is C[As](O)c1ccc(NC(=O)CSCC(NC(=O)CCC(NC(=O)CCNCc2ccccn2)C(=O)O)C(=O)NCC(=O)O)cc1. The van der Waals surface area contributed by atoms with Crippen LogP contribution in [0.2, 0.25) is 5.71 Å². The molecule has 2 aromatic rings. The molecule has 0 aliphatic carbocycles. The Labute approximate surface area is 268 Å². The number of aromatic nitrogens is 1. The molecule has 4 amide bonds. The van der Waals surface area contributed by atoms with Crippen LogP contribution in [0.4, 0.5) is 5.69 Å². The van der Waals surface area contributed by atoms with E-state index in [1.807, 2.05) is 12.1 Å². The zero-order chi connectivity index (χ0) is 33.2. The van der Waals surface area contributed by atoms with Gasteiger partial charge in [-0.2, -0.15) is 0 Å². The van der Waals surface area contributed by atoms with E-state index < -0.39 is 63.3 Å². The number of benzene rings is 1. The van der Waals surface area contributed by atoms with Crippen LogP contribution < -0.4 is 30.9 Å². The summed E-state index contributed by atoms with van der Waals surface area (Å²) < 4.78 is 10.6. The molecule has 0 fully saturated rings. The summed E-state index contributed by atoms with van der Waals surface area (Å²) >= 11 is -1.01. The number of carbonyl (C=O) groups excluding carboxylic acids is 4. The zero-order valence-electron chi connectivity index (χ0n) is 24.5. The summed E-state index contributed by atoms with van der Waals surface area (Å²) in [5, 5.41) is 31.1. The number of carboxylic acid groups (broad SMARTS) is 2. The van der Waals surface area contributed by atoms with Crippen molar-refractivity contribution in [2.75, 3.05) is 29.9 Å². The van der Waals surface area contributed by atoms with E-state index in [0.717, 1.165) is 21.8 Å². The van der Waals surface area contributed by atoms with E-state index in [9.17, 15) is 38.0 Å².